The van der Waals surface area contributed by atoms with Gasteiger partial charge in [0.15, 0.2) is 0 Å². The van der Waals surface area contributed by atoms with E-state index in [1.807, 2.05) is 42.5 Å². The zero-order valence-electron chi connectivity index (χ0n) is 21.4. The lowest BCUT2D eigenvalue weighted by molar-refractivity contribution is -0.129. The topological polar surface area (TPSA) is 153 Å². The van der Waals surface area contributed by atoms with E-state index in [9.17, 15) is 14.4 Å². The maximum atomic E-state index is 12.9. The number of aryl methyl sites for hydroxylation is 1. The number of carbonyl (C=O) groups excluding carboxylic acids is 3. The SMILES string of the molecule is CC(C)c1ccc(C(=O)NC(CCc2ccccc2)NC(=O)C(N)CC(=O)C(CCN)CCN)cc1. The van der Waals surface area contributed by atoms with Crippen molar-refractivity contribution in [3.05, 3.63) is 71.3 Å². The quantitative estimate of drug-likeness (QED) is 0.239. The normalized spacial score (nSPS) is 12.9. The van der Waals surface area contributed by atoms with Crippen LogP contribution in [0.2, 0.25) is 0 Å². The van der Waals surface area contributed by atoms with Gasteiger partial charge < -0.3 is 27.8 Å². The molecule has 0 heterocycles. The van der Waals surface area contributed by atoms with Crippen LogP contribution in [0.1, 0.15) is 66.9 Å². The Morgan fingerprint density at radius 1 is 0.833 bits per heavy atom. The molecule has 0 aliphatic carbocycles. The van der Waals surface area contributed by atoms with Crippen LogP contribution in [0.15, 0.2) is 54.6 Å². The first-order valence-electron chi connectivity index (χ1n) is 12.7. The summed E-state index contributed by atoms with van der Waals surface area (Å²) >= 11 is 0. The van der Waals surface area contributed by atoms with Crippen LogP contribution in [-0.2, 0) is 16.0 Å². The Labute approximate surface area is 214 Å². The van der Waals surface area contributed by atoms with Crippen LogP contribution < -0.4 is 27.8 Å². The van der Waals surface area contributed by atoms with Crippen LogP contribution in [0.25, 0.3) is 0 Å². The van der Waals surface area contributed by atoms with Gasteiger partial charge >= 0.3 is 0 Å². The highest BCUT2D eigenvalue weighted by atomic mass is 16.2. The van der Waals surface area contributed by atoms with E-state index >= 15 is 0 Å². The van der Waals surface area contributed by atoms with Gasteiger partial charge in [0.05, 0.1) is 6.04 Å². The minimum Gasteiger partial charge on any atom is -0.335 e. The summed E-state index contributed by atoms with van der Waals surface area (Å²) in [5, 5.41) is 5.74. The van der Waals surface area contributed by atoms with Crippen molar-refractivity contribution in [3.8, 4) is 0 Å². The molecule has 2 atom stereocenters. The molecule has 8 N–H and O–H groups in total. The van der Waals surface area contributed by atoms with Crippen molar-refractivity contribution >= 4 is 17.6 Å². The number of carbonyl (C=O) groups is 3. The molecule has 0 aromatic heterocycles. The largest absolute Gasteiger partial charge is 0.335 e. The molecule has 36 heavy (non-hydrogen) atoms. The Bertz CT molecular complexity index is 957. The molecule has 0 radical (unpaired) electrons. The average molecular weight is 496 g/mol. The summed E-state index contributed by atoms with van der Waals surface area (Å²) in [5.41, 5.74) is 20.0. The molecule has 0 aliphatic heterocycles. The van der Waals surface area contributed by atoms with Gasteiger partial charge in [0.1, 0.15) is 11.9 Å². The van der Waals surface area contributed by atoms with E-state index in [0.29, 0.717) is 50.3 Å². The molecule has 2 unspecified atom stereocenters. The molecule has 8 nitrogen and oxygen atoms in total. The van der Waals surface area contributed by atoms with E-state index in [2.05, 4.69) is 24.5 Å². The van der Waals surface area contributed by atoms with Gasteiger partial charge in [-0.2, -0.15) is 0 Å². The van der Waals surface area contributed by atoms with Gasteiger partial charge in [-0.15, -0.1) is 0 Å². The fourth-order valence-electron chi connectivity index (χ4n) is 4.02. The van der Waals surface area contributed by atoms with Crippen LogP contribution in [0.5, 0.6) is 0 Å². The summed E-state index contributed by atoms with van der Waals surface area (Å²) in [4.78, 5) is 38.5. The molecule has 8 heteroatoms. The van der Waals surface area contributed by atoms with Crippen molar-refractivity contribution in [2.45, 2.75) is 64.1 Å². The van der Waals surface area contributed by atoms with Gasteiger partial charge in [-0.25, -0.2) is 0 Å². The Balaban J connectivity index is 2.07. The van der Waals surface area contributed by atoms with Crippen LogP contribution >= 0.6 is 0 Å². The van der Waals surface area contributed by atoms with E-state index in [-0.39, 0.29) is 24.0 Å². The highest BCUT2D eigenvalue weighted by molar-refractivity contribution is 5.95. The molecule has 2 aromatic carbocycles. The number of nitrogens with one attached hydrogen (secondary N) is 2. The second-order valence-corrected chi connectivity index (χ2v) is 9.46. The standard InChI is InChI=1S/C28H41N5O3/c1-19(2)21-9-11-23(12-10-21)27(35)32-26(13-8-20-6-4-3-5-7-20)33-28(36)24(31)18-25(34)22(14-16-29)15-17-30/h3-7,9-12,19,22,24,26H,8,13-18,29-31H2,1-2H3,(H,32,35)(H,33,36). The zero-order valence-corrected chi connectivity index (χ0v) is 21.4. The van der Waals surface area contributed by atoms with Gasteiger partial charge in [-0.3, -0.25) is 14.4 Å². The van der Waals surface area contributed by atoms with Gasteiger partial charge in [-0.05, 0) is 68.0 Å². The summed E-state index contributed by atoms with van der Waals surface area (Å²) in [7, 11) is 0. The molecule has 0 saturated heterocycles. The average Bonchev–Trinajstić information content (AvgIpc) is 2.87. The van der Waals surface area contributed by atoms with Crippen molar-refractivity contribution in [2.75, 3.05) is 13.1 Å². The second-order valence-electron chi connectivity index (χ2n) is 9.46. The molecular weight excluding hydrogens is 454 g/mol. The van der Waals surface area contributed by atoms with E-state index < -0.39 is 18.1 Å². The first kappa shape index (κ1) is 29.2. The van der Waals surface area contributed by atoms with Crippen LogP contribution in [-0.4, -0.2) is 42.9 Å². The third-order valence-corrected chi connectivity index (χ3v) is 6.27. The molecular formula is C28H41N5O3. The lowest BCUT2D eigenvalue weighted by Gasteiger charge is -2.23. The summed E-state index contributed by atoms with van der Waals surface area (Å²) in [6.07, 6.45) is 1.37. The van der Waals surface area contributed by atoms with E-state index in [1.54, 1.807) is 12.1 Å². The zero-order chi connectivity index (χ0) is 26.5. The van der Waals surface area contributed by atoms with E-state index in [1.165, 1.54) is 0 Å². The number of amides is 2. The van der Waals surface area contributed by atoms with E-state index in [4.69, 9.17) is 17.2 Å². The smallest absolute Gasteiger partial charge is 0.252 e. The molecule has 196 valence electrons. The fraction of sp³-hybridized carbons (Fsp3) is 0.464. The number of nitrogens with two attached hydrogens (primary N) is 3. The molecule has 0 saturated carbocycles. The van der Waals surface area contributed by atoms with Gasteiger partial charge in [0, 0.05) is 17.9 Å². The van der Waals surface area contributed by atoms with Crippen molar-refractivity contribution in [1.82, 2.24) is 10.6 Å². The monoisotopic (exact) mass is 495 g/mol. The fourth-order valence-corrected chi connectivity index (χ4v) is 4.02. The maximum Gasteiger partial charge on any atom is 0.252 e. The summed E-state index contributed by atoms with van der Waals surface area (Å²) in [6.45, 7) is 4.91. The molecule has 0 fully saturated rings. The lowest BCUT2D eigenvalue weighted by atomic mass is 9.92. The highest BCUT2D eigenvalue weighted by Crippen LogP contribution is 2.15. The lowest BCUT2D eigenvalue weighted by Crippen LogP contribution is -2.53. The number of Topliss-reactive ketones (excluding diaryl/α,β-unsaturated/α-hetero) is 1. The number of ketones is 1. The Morgan fingerprint density at radius 3 is 2.00 bits per heavy atom. The maximum absolute atomic E-state index is 12.9. The first-order valence-corrected chi connectivity index (χ1v) is 12.7. The highest BCUT2D eigenvalue weighted by Gasteiger charge is 2.25. The summed E-state index contributed by atoms with van der Waals surface area (Å²) in [5.74, 6) is -0.848. The predicted octanol–water partition coefficient (Wildman–Crippen LogP) is 2.22. The summed E-state index contributed by atoms with van der Waals surface area (Å²) in [6, 6.07) is 16.2. The van der Waals surface area contributed by atoms with Crippen molar-refractivity contribution in [3.63, 3.8) is 0 Å². The molecule has 0 aliphatic rings. The third-order valence-electron chi connectivity index (χ3n) is 6.27. The first-order chi connectivity index (χ1) is 17.2. The molecule has 0 spiro atoms. The predicted molar refractivity (Wildman–Crippen MR) is 143 cm³/mol. The van der Waals surface area contributed by atoms with Gasteiger partial charge in [0.2, 0.25) is 5.91 Å². The minimum atomic E-state index is -1.03. The molecule has 0 bridgehead atoms. The van der Waals surface area contributed by atoms with Crippen molar-refractivity contribution in [2.24, 2.45) is 23.1 Å². The third kappa shape index (κ3) is 9.53. The number of hydrogen-bond donors (Lipinski definition) is 5. The van der Waals surface area contributed by atoms with Gasteiger partial charge in [0.25, 0.3) is 5.91 Å². The van der Waals surface area contributed by atoms with Crippen LogP contribution in [0.3, 0.4) is 0 Å². The van der Waals surface area contributed by atoms with Crippen LogP contribution in [0.4, 0.5) is 0 Å². The Kier molecular flexibility index (Phi) is 12.3. The molecule has 2 amide bonds. The number of rotatable bonds is 15. The number of hydrogen-bond acceptors (Lipinski definition) is 6. The van der Waals surface area contributed by atoms with Crippen LogP contribution in [0, 0.1) is 5.92 Å². The molecule has 2 rings (SSSR count). The molecule has 2 aromatic rings. The number of benzene rings is 2. The summed E-state index contributed by atoms with van der Waals surface area (Å²) < 4.78 is 0. The van der Waals surface area contributed by atoms with Gasteiger partial charge in [-0.1, -0.05) is 56.3 Å². The second kappa shape index (κ2) is 15.1. The van der Waals surface area contributed by atoms with Crippen molar-refractivity contribution in [1.29, 1.82) is 0 Å². The Morgan fingerprint density at radius 2 is 1.44 bits per heavy atom. The Hall–Kier alpha value is -3.07. The van der Waals surface area contributed by atoms with E-state index in [0.717, 1.165) is 11.1 Å². The minimum absolute atomic E-state index is 0.105. The van der Waals surface area contributed by atoms with Crippen molar-refractivity contribution < 1.29 is 14.4 Å².